The first-order valence-electron chi connectivity index (χ1n) is 11.3. The lowest BCUT2D eigenvalue weighted by Crippen LogP contribution is -2.12. The summed E-state index contributed by atoms with van der Waals surface area (Å²) in [5.41, 5.74) is 2.09. The summed E-state index contributed by atoms with van der Waals surface area (Å²) in [5.74, 6) is -1.10. The van der Waals surface area contributed by atoms with Gasteiger partial charge in [0.15, 0.2) is 12.4 Å². The van der Waals surface area contributed by atoms with Gasteiger partial charge in [-0.3, -0.25) is 4.79 Å². The van der Waals surface area contributed by atoms with Gasteiger partial charge in [-0.25, -0.2) is 14.3 Å². The van der Waals surface area contributed by atoms with E-state index in [2.05, 4.69) is 5.10 Å². The Morgan fingerprint density at radius 2 is 1.76 bits per heavy atom. The van der Waals surface area contributed by atoms with E-state index in [1.807, 2.05) is 42.5 Å². The Morgan fingerprint density at radius 1 is 0.973 bits per heavy atom. The van der Waals surface area contributed by atoms with Gasteiger partial charge in [0, 0.05) is 33.8 Å². The number of halogens is 1. The smallest absolute Gasteiger partial charge is 0.345 e. The normalized spacial score (nSPS) is 11.2. The number of Topliss-reactive ketones (excluding diaryl/α,β-unsaturated/α-hetero) is 1. The fourth-order valence-corrected chi connectivity index (χ4v) is 3.94. The topological polar surface area (TPSA) is 91.4 Å². The van der Waals surface area contributed by atoms with Crippen LogP contribution in [0.3, 0.4) is 0 Å². The number of fused-ring (bicyclic) bond motifs is 1. The second-order valence-corrected chi connectivity index (χ2v) is 8.51. The minimum Gasteiger partial charge on any atom is -0.454 e. The van der Waals surface area contributed by atoms with Crippen molar-refractivity contribution in [3.05, 3.63) is 124 Å². The van der Waals surface area contributed by atoms with Gasteiger partial charge in [-0.2, -0.15) is 5.10 Å². The standard InChI is InChI=1S/C29H19ClN2O5/c30-22-9-6-8-19(15-22)25(33)18-36-27(34)14-13-21-17-32(23-10-2-1-3-11-23)31-28(21)24-16-20-7-4-5-12-26(20)37-29(24)35/h1-17H,18H2/b14-13+. The van der Waals surface area contributed by atoms with Crippen LogP contribution in [0, 0.1) is 0 Å². The summed E-state index contributed by atoms with van der Waals surface area (Å²) >= 11 is 5.92. The molecule has 0 aliphatic rings. The lowest BCUT2D eigenvalue weighted by Gasteiger charge is -2.03. The van der Waals surface area contributed by atoms with Crippen LogP contribution in [0.2, 0.25) is 5.02 Å². The van der Waals surface area contributed by atoms with Gasteiger partial charge >= 0.3 is 11.6 Å². The lowest BCUT2D eigenvalue weighted by atomic mass is 10.1. The fraction of sp³-hybridized carbons (Fsp3) is 0.0345. The molecule has 2 heterocycles. The summed E-state index contributed by atoms with van der Waals surface area (Å²) in [4.78, 5) is 37.5. The van der Waals surface area contributed by atoms with Crippen LogP contribution in [0.25, 0.3) is 34.0 Å². The zero-order valence-corrected chi connectivity index (χ0v) is 20.1. The largest absolute Gasteiger partial charge is 0.454 e. The van der Waals surface area contributed by atoms with E-state index < -0.39 is 18.2 Å². The second kappa shape index (κ2) is 10.5. The van der Waals surface area contributed by atoms with E-state index in [0.29, 0.717) is 27.4 Å². The number of aromatic nitrogens is 2. The van der Waals surface area contributed by atoms with Gasteiger partial charge in [0.2, 0.25) is 0 Å². The Kier molecular flexibility index (Phi) is 6.78. The van der Waals surface area contributed by atoms with Crippen LogP contribution in [0.5, 0.6) is 0 Å². The van der Waals surface area contributed by atoms with Gasteiger partial charge < -0.3 is 9.15 Å². The molecule has 0 bridgehead atoms. The molecule has 0 spiro atoms. The van der Waals surface area contributed by atoms with E-state index in [4.69, 9.17) is 20.8 Å². The highest BCUT2D eigenvalue weighted by Crippen LogP contribution is 2.25. The number of carbonyl (C=O) groups excluding carboxylic acids is 2. The molecule has 0 fully saturated rings. The quantitative estimate of drug-likeness (QED) is 0.120. The molecule has 182 valence electrons. The van der Waals surface area contributed by atoms with Crippen molar-refractivity contribution < 1.29 is 18.7 Å². The van der Waals surface area contributed by atoms with Crippen molar-refractivity contribution in [2.45, 2.75) is 0 Å². The molecule has 8 heteroatoms. The number of rotatable bonds is 7. The first-order valence-corrected chi connectivity index (χ1v) is 11.7. The minimum atomic E-state index is -0.723. The number of hydrogen-bond donors (Lipinski definition) is 0. The maximum Gasteiger partial charge on any atom is 0.345 e. The molecule has 0 atom stereocenters. The zero-order valence-electron chi connectivity index (χ0n) is 19.3. The number of ketones is 1. The number of para-hydroxylation sites is 2. The van der Waals surface area contributed by atoms with Gasteiger partial charge in [0.05, 0.1) is 11.3 Å². The highest BCUT2D eigenvalue weighted by molar-refractivity contribution is 6.31. The van der Waals surface area contributed by atoms with Crippen molar-refractivity contribution in [2.24, 2.45) is 0 Å². The van der Waals surface area contributed by atoms with Crippen molar-refractivity contribution in [3.8, 4) is 16.9 Å². The molecular formula is C29H19ClN2O5. The number of hydrogen-bond acceptors (Lipinski definition) is 6. The molecule has 0 unspecified atom stereocenters. The second-order valence-electron chi connectivity index (χ2n) is 8.07. The number of benzene rings is 3. The zero-order chi connectivity index (χ0) is 25.8. The van der Waals surface area contributed by atoms with Crippen molar-refractivity contribution >= 4 is 40.4 Å². The van der Waals surface area contributed by atoms with Crippen LogP contribution in [0.4, 0.5) is 0 Å². The molecular weight excluding hydrogens is 492 g/mol. The Labute approximate surface area is 216 Å². The van der Waals surface area contributed by atoms with Gasteiger partial charge in [0.25, 0.3) is 0 Å². The molecule has 0 saturated heterocycles. The Hall–Kier alpha value is -4.75. The van der Waals surface area contributed by atoms with E-state index in [1.165, 1.54) is 18.2 Å². The van der Waals surface area contributed by atoms with E-state index >= 15 is 0 Å². The molecule has 3 aromatic carbocycles. The highest BCUT2D eigenvalue weighted by atomic mass is 35.5. The van der Waals surface area contributed by atoms with Crippen LogP contribution in [-0.4, -0.2) is 28.1 Å². The fourth-order valence-electron chi connectivity index (χ4n) is 3.75. The first kappa shape index (κ1) is 24.0. The van der Waals surface area contributed by atoms with Crippen LogP contribution >= 0.6 is 11.6 Å². The monoisotopic (exact) mass is 510 g/mol. The third-order valence-electron chi connectivity index (χ3n) is 5.55. The summed E-state index contributed by atoms with van der Waals surface area (Å²) in [7, 11) is 0. The molecule has 0 aliphatic carbocycles. The summed E-state index contributed by atoms with van der Waals surface area (Å²) in [6, 6.07) is 24.6. The molecule has 0 saturated carbocycles. The van der Waals surface area contributed by atoms with Gasteiger partial charge in [-0.05, 0) is 42.5 Å². The molecule has 7 nitrogen and oxygen atoms in total. The minimum absolute atomic E-state index is 0.248. The average Bonchev–Trinajstić information content (AvgIpc) is 3.34. The maximum absolute atomic E-state index is 12.8. The predicted molar refractivity (Wildman–Crippen MR) is 141 cm³/mol. The van der Waals surface area contributed by atoms with Crippen molar-refractivity contribution in [2.75, 3.05) is 6.61 Å². The first-order chi connectivity index (χ1) is 18.0. The van der Waals surface area contributed by atoms with E-state index in [0.717, 1.165) is 11.1 Å². The Morgan fingerprint density at radius 3 is 2.57 bits per heavy atom. The molecule has 0 amide bonds. The van der Waals surface area contributed by atoms with E-state index in [-0.39, 0.29) is 11.3 Å². The lowest BCUT2D eigenvalue weighted by molar-refractivity contribution is -0.136. The predicted octanol–water partition coefficient (Wildman–Crippen LogP) is 5.74. The van der Waals surface area contributed by atoms with Crippen molar-refractivity contribution in [1.82, 2.24) is 9.78 Å². The molecule has 37 heavy (non-hydrogen) atoms. The summed E-state index contributed by atoms with van der Waals surface area (Å²) in [5, 5.41) is 5.76. The summed E-state index contributed by atoms with van der Waals surface area (Å²) in [6.07, 6.45) is 4.37. The van der Waals surface area contributed by atoms with Gasteiger partial charge in [0.1, 0.15) is 11.3 Å². The van der Waals surface area contributed by atoms with Crippen molar-refractivity contribution in [3.63, 3.8) is 0 Å². The molecule has 0 radical (unpaired) electrons. The molecule has 0 N–H and O–H groups in total. The van der Waals surface area contributed by atoms with Crippen LogP contribution in [-0.2, 0) is 9.53 Å². The summed E-state index contributed by atoms with van der Waals surface area (Å²) < 4.78 is 12.2. The van der Waals surface area contributed by atoms with Crippen LogP contribution < -0.4 is 5.63 Å². The number of nitrogens with zero attached hydrogens (tertiary/aromatic N) is 2. The highest BCUT2D eigenvalue weighted by Gasteiger charge is 2.17. The van der Waals surface area contributed by atoms with Gasteiger partial charge in [-0.1, -0.05) is 60.1 Å². The molecule has 5 aromatic rings. The Balaban J connectivity index is 1.44. The maximum atomic E-state index is 12.8. The number of ether oxygens (including phenoxy) is 1. The summed E-state index contributed by atoms with van der Waals surface area (Å²) in [6.45, 7) is -0.437. The van der Waals surface area contributed by atoms with E-state index in [1.54, 1.807) is 47.3 Å². The Bertz CT molecular complexity index is 1700. The third kappa shape index (κ3) is 5.42. The van der Waals surface area contributed by atoms with Crippen molar-refractivity contribution in [1.29, 1.82) is 0 Å². The average molecular weight is 511 g/mol. The van der Waals surface area contributed by atoms with E-state index in [9.17, 15) is 14.4 Å². The van der Waals surface area contributed by atoms with Crippen LogP contribution in [0.15, 0.2) is 106 Å². The van der Waals surface area contributed by atoms with Gasteiger partial charge in [-0.15, -0.1) is 0 Å². The molecule has 5 rings (SSSR count). The molecule has 0 aliphatic heterocycles. The third-order valence-corrected chi connectivity index (χ3v) is 5.79. The van der Waals surface area contributed by atoms with Crippen LogP contribution in [0.1, 0.15) is 15.9 Å². The number of esters is 1. The number of carbonyl (C=O) groups is 2. The SMILES string of the molecule is O=C(/C=C/c1cn(-c2ccccc2)nc1-c1cc2ccccc2oc1=O)OCC(=O)c1cccc(Cl)c1. The molecule has 2 aromatic heterocycles.